The third kappa shape index (κ3) is 1.05. The van der Waals surface area contributed by atoms with Crippen LogP contribution in [0.3, 0.4) is 0 Å². The fourth-order valence-electron chi connectivity index (χ4n) is 2.86. The van der Waals surface area contributed by atoms with Gasteiger partial charge in [-0.25, -0.2) is 0 Å². The molecule has 0 aliphatic heterocycles. The zero-order chi connectivity index (χ0) is 9.54. The van der Waals surface area contributed by atoms with Gasteiger partial charge in [-0.1, -0.05) is 17.7 Å². The molecule has 1 nitrogen and oxygen atoms in total. The van der Waals surface area contributed by atoms with E-state index in [4.69, 9.17) is 0 Å². The summed E-state index contributed by atoms with van der Waals surface area (Å²) in [6.07, 6.45) is 10.8. The second kappa shape index (κ2) is 2.94. The molecule has 1 heteroatoms. The molecule has 0 radical (unpaired) electrons. The van der Waals surface area contributed by atoms with Crippen LogP contribution in [0.1, 0.15) is 38.5 Å². The van der Waals surface area contributed by atoms with Crippen LogP contribution < -0.4 is 0 Å². The summed E-state index contributed by atoms with van der Waals surface area (Å²) >= 11 is 0. The molecular weight excluding hydrogens is 172 g/mol. The molecule has 0 N–H and O–H groups in total. The zero-order valence-corrected chi connectivity index (χ0v) is 8.31. The van der Waals surface area contributed by atoms with Crippen LogP contribution in [0.25, 0.3) is 0 Å². The van der Waals surface area contributed by atoms with E-state index in [0.29, 0.717) is 5.78 Å². The molecule has 0 aromatic heterocycles. The second-order valence-corrected chi connectivity index (χ2v) is 4.34. The Bertz CT molecular complexity index is 393. The lowest BCUT2D eigenvalue weighted by atomic mass is 9.73. The predicted molar refractivity (Wildman–Crippen MR) is 55.9 cm³/mol. The van der Waals surface area contributed by atoms with Crippen molar-refractivity contribution in [3.05, 3.63) is 34.4 Å². The second-order valence-electron chi connectivity index (χ2n) is 4.34. The average Bonchev–Trinajstić information content (AvgIpc) is 2.24. The highest BCUT2D eigenvalue weighted by Crippen LogP contribution is 2.42. The zero-order valence-electron chi connectivity index (χ0n) is 8.31. The largest absolute Gasteiger partial charge is 0.294 e. The number of carbonyl (C=O) groups excluding carboxylic acids is 1. The Kier molecular flexibility index (Phi) is 1.73. The van der Waals surface area contributed by atoms with Crippen LogP contribution in [-0.4, -0.2) is 5.78 Å². The first-order valence-corrected chi connectivity index (χ1v) is 5.51. The van der Waals surface area contributed by atoms with E-state index in [1.165, 1.54) is 30.4 Å². The highest BCUT2D eigenvalue weighted by molar-refractivity contribution is 6.03. The van der Waals surface area contributed by atoms with E-state index >= 15 is 0 Å². The van der Waals surface area contributed by atoms with Crippen molar-refractivity contribution in [2.24, 2.45) is 0 Å². The van der Waals surface area contributed by atoms with Crippen molar-refractivity contribution in [2.75, 3.05) is 0 Å². The van der Waals surface area contributed by atoms with Crippen LogP contribution in [0, 0.1) is 0 Å². The van der Waals surface area contributed by atoms with E-state index < -0.39 is 0 Å². The molecule has 0 fully saturated rings. The molecule has 14 heavy (non-hydrogen) atoms. The highest BCUT2D eigenvalue weighted by Gasteiger charge is 2.29. The monoisotopic (exact) mass is 186 g/mol. The minimum absolute atomic E-state index is 0.372. The molecule has 3 aliphatic rings. The lowest BCUT2D eigenvalue weighted by molar-refractivity contribution is -0.115. The summed E-state index contributed by atoms with van der Waals surface area (Å²) in [4.78, 5) is 11.7. The lowest BCUT2D eigenvalue weighted by Gasteiger charge is -2.30. The maximum absolute atomic E-state index is 11.7. The summed E-state index contributed by atoms with van der Waals surface area (Å²) < 4.78 is 0. The summed E-state index contributed by atoms with van der Waals surface area (Å²) in [5.41, 5.74) is 5.40. The minimum atomic E-state index is 0.372. The first-order valence-electron chi connectivity index (χ1n) is 5.51. The van der Waals surface area contributed by atoms with Crippen molar-refractivity contribution < 1.29 is 4.79 Å². The molecule has 0 atom stereocenters. The maximum atomic E-state index is 11.7. The standard InChI is InChI=1S/C13H14O/c14-12-8-7-10-4-1-3-9-5-2-6-11(12)13(9)10/h5-6H,1-4,7-8H2. The Hall–Kier alpha value is -1.11. The van der Waals surface area contributed by atoms with E-state index in [0.717, 1.165) is 24.8 Å². The molecule has 3 aliphatic carbocycles. The summed E-state index contributed by atoms with van der Waals surface area (Å²) in [6.45, 7) is 0. The minimum Gasteiger partial charge on any atom is -0.294 e. The number of carbonyl (C=O) groups is 1. The van der Waals surface area contributed by atoms with Gasteiger partial charge in [0.05, 0.1) is 0 Å². The van der Waals surface area contributed by atoms with Crippen LogP contribution in [0.4, 0.5) is 0 Å². The highest BCUT2D eigenvalue weighted by atomic mass is 16.1. The molecule has 0 aromatic carbocycles. The quantitative estimate of drug-likeness (QED) is 0.568. The Morgan fingerprint density at radius 1 is 1.00 bits per heavy atom. The Morgan fingerprint density at radius 2 is 1.93 bits per heavy atom. The Labute approximate surface area is 84.2 Å². The molecular formula is C13H14O. The van der Waals surface area contributed by atoms with Gasteiger partial charge in [0, 0.05) is 12.0 Å². The van der Waals surface area contributed by atoms with Gasteiger partial charge < -0.3 is 0 Å². The van der Waals surface area contributed by atoms with Crippen molar-refractivity contribution >= 4 is 5.78 Å². The molecule has 0 heterocycles. The molecule has 0 saturated heterocycles. The van der Waals surface area contributed by atoms with Crippen LogP contribution in [-0.2, 0) is 4.79 Å². The number of Topliss-reactive ketones (excluding diaryl/α,β-unsaturated/α-hetero) is 1. The van der Waals surface area contributed by atoms with Crippen LogP contribution in [0.15, 0.2) is 34.4 Å². The lowest BCUT2D eigenvalue weighted by Crippen LogP contribution is -2.19. The topological polar surface area (TPSA) is 17.1 Å². The van der Waals surface area contributed by atoms with E-state index in [1.807, 2.05) is 0 Å². The van der Waals surface area contributed by atoms with Gasteiger partial charge in [-0.05, 0) is 43.3 Å². The smallest absolute Gasteiger partial charge is 0.163 e. The molecule has 0 spiro atoms. The van der Waals surface area contributed by atoms with Crippen molar-refractivity contribution in [1.82, 2.24) is 0 Å². The first kappa shape index (κ1) is 8.22. The molecule has 3 rings (SSSR count). The van der Waals surface area contributed by atoms with E-state index in [1.54, 1.807) is 5.57 Å². The Balaban J connectivity index is 2.17. The Morgan fingerprint density at radius 3 is 2.86 bits per heavy atom. The number of hydrogen-bond acceptors (Lipinski definition) is 1. The predicted octanol–water partition coefficient (Wildman–Crippen LogP) is 3.09. The molecule has 0 aromatic rings. The van der Waals surface area contributed by atoms with Crippen LogP contribution in [0.2, 0.25) is 0 Å². The van der Waals surface area contributed by atoms with Crippen LogP contribution >= 0.6 is 0 Å². The van der Waals surface area contributed by atoms with E-state index in [2.05, 4.69) is 12.2 Å². The summed E-state index contributed by atoms with van der Waals surface area (Å²) in [7, 11) is 0. The molecule has 0 saturated carbocycles. The van der Waals surface area contributed by atoms with Gasteiger partial charge in [0.25, 0.3) is 0 Å². The SMILES string of the molecule is O=C1CCC2=C3C(=CCC=C13)CCC2. The summed E-state index contributed by atoms with van der Waals surface area (Å²) in [5, 5.41) is 0. The summed E-state index contributed by atoms with van der Waals surface area (Å²) in [6, 6.07) is 0. The average molecular weight is 186 g/mol. The van der Waals surface area contributed by atoms with Crippen molar-refractivity contribution in [1.29, 1.82) is 0 Å². The van der Waals surface area contributed by atoms with Gasteiger partial charge in [0.1, 0.15) is 0 Å². The van der Waals surface area contributed by atoms with Crippen molar-refractivity contribution in [3.63, 3.8) is 0 Å². The van der Waals surface area contributed by atoms with Gasteiger partial charge >= 0.3 is 0 Å². The normalized spacial score (nSPS) is 25.6. The van der Waals surface area contributed by atoms with Gasteiger partial charge in [0.2, 0.25) is 0 Å². The van der Waals surface area contributed by atoms with Crippen molar-refractivity contribution in [2.45, 2.75) is 38.5 Å². The number of rotatable bonds is 0. The number of ketones is 1. The van der Waals surface area contributed by atoms with Gasteiger partial charge in [0.15, 0.2) is 5.78 Å². The molecule has 0 amide bonds. The number of allylic oxidation sites excluding steroid dienone is 6. The molecule has 72 valence electrons. The van der Waals surface area contributed by atoms with E-state index in [-0.39, 0.29) is 0 Å². The fourth-order valence-corrected chi connectivity index (χ4v) is 2.86. The summed E-state index contributed by atoms with van der Waals surface area (Å²) in [5.74, 6) is 0.372. The molecule has 0 unspecified atom stereocenters. The van der Waals surface area contributed by atoms with Gasteiger partial charge in [-0.2, -0.15) is 0 Å². The fraction of sp³-hybridized carbons (Fsp3) is 0.462. The number of hydrogen-bond donors (Lipinski definition) is 0. The third-order valence-electron chi connectivity index (χ3n) is 3.51. The van der Waals surface area contributed by atoms with Gasteiger partial charge in [-0.3, -0.25) is 4.79 Å². The maximum Gasteiger partial charge on any atom is 0.163 e. The van der Waals surface area contributed by atoms with E-state index in [9.17, 15) is 4.79 Å². The van der Waals surface area contributed by atoms with Crippen molar-refractivity contribution in [3.8, 4) is 0 Å². The third-order valence-corrected chi connectivity index (χ3v) is 3.51. The van der Waals surface area contributed by atoms with Crippen LogP contribution in [0.5, 0.6) is 0 Å². The first-order chi connectivity index (χ1) is 6.86. The molecule has 0 bridgehead atoms. The van der Waals surface area contributed by atoms with Gasteiger partial charge in [-0.15, -0.1) is 0 Å².